The molecule has 1 rings (SSSR count). The SMILES string of the molecule is CC1CC[C@H](O)/C=C/C(=O)O[C@H](C)CCC(=O)/C=C/C(=O)O1. The molecule has 0 amide bonds. The quantitative estimate of drug-likeness (QED) is 0.681. The van der Waals surface area contributed by atoms with Crippen molar-refractivity contribution in [3.63, 3.8) is 0 Å². The van der Waals surface area contributed by atoms with Gasteiger partial charge in [-0.2, -0.15) is 0 Å². The fraction of sp³-hybridized carbons (Fsp3) is 0.562. The lowest BCUT2D eigenvalue weighted by Crippen LogP contribution is -2.17. The molecule has 0 bridgehead atoms. The van der Waals surface area contributed by atoms with E-state index in [4.69, 9.17) is 9.47 Å². The Morgan fingerprint density at radius 1 is 0.909 bits per heavy atom. The maximum Gasteiger partial charge on any atom is 0.331 e. The van der Waals surface area contributed by atoms with Crippen LogP contribution in [-0.2, 0) is 23.9 Å². The first-order valence-corrected chi connectivity index (χ1v) is 7.35. The fourth-order valence-electron chi connectivity index (χ4n) is 1.87. The van der Waals surface area contributed by atoms with Gasteiger partial charge in [0.2, 0.25) is 0 Å². The minimum absolute atomic E-state index is 0.167. The van der Waals surface area contributed by atoms with Crippen molar-refractivity contribution in [2.75, 3.05) is 0 Å². The molecule has 22 heavy (non-hydrogen) atoms. The summed E-state index contributed by atoms with van der Waals surface area (Å²) in [5, 5.41) is 9.73. The number of allylic oxidation sites excluding steroid dienone is 1. The minimum atomic E-state index is -0.811. The molecule has 0 aromatic heterocycles. The summed E-state index contributed by atoms with van der Waals surface area (Å²) in [5.74, 6) is -1.37. The zero-order valence-corrected chi connectivity index (χ0v) is 12.9. The number of hydrogen-bond donors (Lipinski definition) is 1. The monoisotopic (exact) mass is 310 g/mol. The van der Waals surface area contributed by atoms with Crippen LogP contribution in [-0.4, -0.2) is 41.1 Å². The summed E-state index contributed by atoms with van der Waals surface area (Å²) in [5.41, 5.74) is 0. The minimum Gasteiger partial charge on any atom is -0.460 e. The van der Waals surface area contributed by atoms with E-state index in [1.54, 1.807) is 13.8 Å². The van der Waals surface area contributed by atoms with Crippen LogP contribution in [0.2, 0.25) is 0 Å². The molecule has 0 spiro atoms. The second-order valence-corrected chi connectivity index (χ2v) is 5.34. The summed E-state index contributed by atoms with van der Waals surface area (Å²) in [4.78, 5) is 34.6. The molecular formula is C16H22O6. The van der Waals surface area contributed by atoms with Crippen LogP contribution in [0.25, 0.3) is 0 Å². The number of cyclic esters (lactones) is 2. The molecule has 0 saturated carbocycles. The predicted molar refractivity (Wildman–Crippen MR) is 78.9 cm³/mol. The Labute approximate surface area is 129 Å². The third kappa shape index (κ3) is 7.73. The van der Waals surface area contributed by atoms with Crippen molar-refractivity contribution in [3.05, 3.63) is 24.3 Å². The highest BCUT2D eigenvalue weighted by Gasteiger charge is 2.13. The molecule has 3 atom stereocenters. The zero-order chi connectivity index (χ0) is 16.5. The van der Waals surface area contributed by atoms with Crippen molar-refractivity contribution in [2.45, 2.75) is 57.8 Å². The highest BCUT2D eigenvalue weighted by Crippen LogP contribution is 2.09. The van der Waals surface area contributed by atoms with Crippen LogP contribution in [0.4, 0.5) is 0 Å². The van der Waals surface area contributed by atoms with Crippen molar-refractivity contribution >= 4 is 17.7 Å². The van der Waals surface area contributed by atoms with Gasteiger partial charge < -0.3 is 14.6 Å². The summed E-state index contributed by atoms with van der Waals surface area (Å²) in [6.07, 6.45) is 4.46. The Balaban J connectivity index is 2.72. The van der Waals surface area contributed by atoms with Crippen LogP contribution in [0.3, 0.4) is 0 Å². The van der Waals surface area contributed by atoms with Crippen LogP contribution in [0, 0.1) is 0 Å². The second-order valence-electron chi connectivity index (χ2n) is 5.34. The number of hydrogen-bond acceptors (Lipinski definition) is 6. The summed E-state index contributed by atoms with van der Waals surface area (Å²) in [6, 6.07) is 0. The fourth-order valence-corrected chi connectivity index (χ4v) is 1.87. The summed E-state index contributed by atoms with van der Waals surface area (Å²) < 4.78 is 10.2. The van der Waals surface area contributed by atoms with Gasteiger partial charge in [-0.3, -0.25) is 4.79 Å². The van der Waals surface area contributed by atoms with Crippen LogP contribution in [0.15, 0.2) is 24.3 Å². The molecule has 1 unspecified atom stereocenters. The lowest BCUT2D eigenvalue weighted by atomic mass is 10.1. The van der Waals surface area contributed by atoms with E-state index in [1.165, 1.54) is 18.2 Å². The Morgan fingerprint density at radius 2 is 1.50 bits per heavy atom. The summed E-state index contributed by atoms with van der Waals surface area (Å²) >= 11 is 0. The molecule has 1 heterocycles. The maximum atomic E-state index is 11.6. The van der Waals surface area contributed by atoms with Crippen LogP contribution in [0.5, 0.6) is 0 Å². The Kier molecular flexibility index (Phi) is 7.52. The molecule has 1 aliphatic rings. The molecule has 6 heteroatoms. The first kappa shape index (κ1) is 18.1. The summed E-state index contributed by atoms with van der Waals surface area (Å²) in [7, 11) is 0. The van der Waals surface area contributed by atoms with Crippen molar-refractivity contribution in [1.82, 2.24) is 0 Å². The second kappa shape index (κ2) is 9.15. The van der Waals surface area contributed by atoms with Crippen molar-refractivity contribution in [2.24, 2.45) is 0 Å². The Hall–Kier alpha value is -1.95. The van der Waals surface area contributed by atoms with Crippen molar-refractivity contribution < 1.29 is 29.0 Å². The largest absolute Gasteiger partial charge is 0.460 e. The number of esters is 2. The number of ether oxygens (including phenoxy) is 2. The van der Waals surface area contributed by atoms with E-state index < -0.39 is 30.3 Å². The number of ketones is 1. The van der Waals surface area contributed by atoms with E-state index in [0.717, 1.165) is 6.08 Å². The normalized spacial score (nSPS) is 32.0. The lowest BCUT2D eigenvalue weighted by molar-refractivity contribution is -0.143. The van der Waals surface area contributed by atoms with Gasteiger partial charge in [-0.25, -0.2) is 9.59 Å². The summed E-state index contributed by atoms with van der Waals surface area (Å²) in [6.45, 7) is 3.38. The van der Waals surface area contributed by atoms with Gasteiger partial charge in [0.1, 0.15) is 0 Å². The van der Waals surface area contributed by atoms with Gasteiger partial charge in [0.15, 0.2) is 5.78 Å². The number of carbonyl (C=O) groups excluding carboxylic acids is 3. The van der Waals surface area contributed by atoms with Gasteiger partial charge >= 0.3 is 11.9 Å². The van der Waals surface area contributed by atoms with E-state index in [1.807, 2.05) is 0 Å². The van der Waals surface area contributed by atoms with Gasteiger partial charge in [0.05, 0.1) is 18.3 Å². The third-order valence-corrected chi connectivity index (χ3v) is 3.16. The third-order valence-electron chi connectivity index (χ3n) is 3.16. The molecule has 0 radical (unpaired) electrons. The molecule has 1 aliphatic heterocycles. The Bertz CT molecular complexity index is 465. The molecule has 0 aromatic carbocycles. The average Bonchev–Trinajstić information content (AvgIpc) is 2.46. The smallest absolute Gasteiger partial charge is 0.331 e. The van der Waals surface area contributed by atoms with E-state index in [2.05, 4.69) is 0 Å². The van der Waals surface area contributed by atoms with E-state index in [9.17, 15) is 19.5 Å². The van der Waals surface area contributed by atoms with Crippen LogP contribution in [0.1, 0.15) is 39.5 Å². The molecule has 0 saturated heterocycles. The molecule has 0 aromatic rings. The van der Waals surface area contributed by atoms with E-state index in [-0.39, 0.29) is 12.2 Å². The van der Waals surface area contributed by atoms with Gasteiger partial charge in [-0.1, -0.05) is 0 Å². The molecule has 0 aliphatic carbocycles. The molecule has 1 N–H and O–H groups in total. The first-order valence-electron chi connectivity index (χ1n) is 7.35. The van der Waals surface area contributed by atoms with Crippen molar-refractivity contribution in [1.29, 1.82) is 0 Å². The molecule has 122 valence electrons. The van der Waals surface area contributed by atoms with Crippen LogP contribution < -0.4 is 0 Å². The van der Waals surface area contributed by atoms with Gasteiger partial charge in [0, 0.05) is 18.6 Å². The number of aliphatic hydroxyl groups is 1. The first-order chi connectivity index (χ1) is 10.4. The van der Waals surface area contributed by atoms with Crippen LogP contribution >= 0.6 is 0 Å². The van der Waals surface area contributed by atoms with E-state index in [0.29, 0.717) is 19.3 Å². The molecule has 0 fully saturated rings. The van der Waals surface area contributed by atoms with Gasteiger partial charge in [-0.05, 0) is 45.3 Å². The number of rotatable bonds is 0. The van der Waals surface area contributed by atoms with E-state index >= 15 is 0 Å². The topological polar surface area (TPSA) is 89.9 Å². The van der Waals surface area contributed by atoms with Gasteiger partial charge in [-0.15, -0.1) is 0 Å². The molecule has 6 nitrogen and oxygen atoms in total. The maximum absolute atomic E-state index is 11.6. The highest BCUT2D eigenvalue weighted by atomic mass is 16.5. The van der Waals surface area contributed by atoms with Gasteiger partial charge in [0.25, 0.3) is 0 Å². The average molecular weight is 310 g/mol. The van der Waals surface area contributed by atoms with Crippen molar-refractivity contribution in [3.8, 4) is 0 Å². The highest BCUT2D eigenvalue weighted by molar-refractivity contribution is 5.95. The number of carbonyl (C=O) groups is 3. The molecular weight excluding hydrogens is 288 g/mol. The predicted octanol–water partition coefficient (Wildman–Crippen LogP) is 1.47. The zero-order valence-electron chi connectivity index (χ0n) is 12.9. The standard InChI is InChI=1S/C16H22O6/c1-11-3-5-13(17)8-10-16(20)22-12(2)4-6-14(18)7-9-15(19)21-11/h7-13,17H,3-6H2,1-2H3/b9-7+,10-8+/t11?,12-,13+/m1/s1. The number of aliphatic hydroxyl groups excluding tert-OH is 1. The lowest BCUT2D eigenvalue weighted by Gasteiger charge is -2.14. The Morgan fingerprint density at radius 3 is 2.18 bits per heavy atom.